The first-order valence-corrected chi connectivity index (χ1v) is 4.91. The number of nitrogens with zero attached hydrogens (tertiary/aromatic N) is 1. The molecule has 1 saturated heterocycles. The van der Waals surface area contributed by atoms with E-state index < -0.39 is 5.97 Å². The molecule has 0 radical (unpaired) electrons. The predicted molar refractivity (Wildman–Crippen MR) is 54.4 cm³/mol. The Morgan fingerprint density at radius 3 is 2.80 bits per heavy atom. The van der Waals surface area contributed by atoms with Gasteiger partial charge in [0.1, 0.15) is 5.82 Å². The van der Waals surface area contributed by atoms with Crippen molar-refractivity contribution in [3.05, 3.63) is 30.1 Å². The molecule has 0 saturated carbocycles. The SMILES string of the molecule is O=C(O)C1CCN(c2ccccc2F)C1. The summed E-state index contributed by atoms with van der Waals surface area (Å²) < 4.78 is 13.4. The van der Waals surface area contributed by atoms with Crippen molar-refractivity contribution in [1.29, 1.82) is 0 Å². The van der Waals surface area contributed by atoms with Crippen LogP contribution in [0.2, 0.25) is 0 Å². The second kappa shape index (κ2) is 3.88. The summed E-state index contributed by atoms with van der Waals surface area (Å²) in [5.74, 6) is -1.46. The second-order valence-electron chi connectivity index (χ2n) is 3.72. The van der Waals surface area contributed by atoms with Crippen LogP contribution < -0.4 is 4.90 Å². The topological polar surface area (TPSA) is 40.5 Å². The quantitative estimate of drug-likeness (QED) is 0.806. The van der Waals surface area contributed by atoms with Crippen molar-refractivity contribution in [1.82, 2.24) is 0 Å². The lowest BCUT2D eigenvalue weighted by atomic mass is 10.1. The summed E-state index contributed by atoms with van der Waals surface area (Å²) in [6.07, 6.45) is 0.587. The molecule has 15 heavy (non-hydrogen) atoms. The van der Waals surface area contributed by atoms with Crippen molar-refractivity contribution >= 4 is 11.7 Å². The summed E-state index contributed by atoms with van der Waals surface area (Å²) >= 11 is 0. The van der Waals surface area contributed by atoms with Gasteiger partial charge in [0.25, 0.3) is 0 Å². The lowest BCUT2D eigenvalue weighted by Crippen LogP contribution is -2.23. The minimum atomic E-state index is -0.797. The van der Waals surface area contributed by atoms with Gasteiger partial charge in [-0.3, -0.25) is 4.79 Å². The summed E-state index contributed by atoms with van der Waals surface area (Å²) in [7, 11) is 0. The number of hydrogen-bond acceptors (Lipinski definition) is 2. The Kier molecular flexibility index (Phi) is 2.58. The standard InChI is InChI=1S/C11H12FNO2/c12-9-3-1-2-4-10(9)13-6-5-8(7-13)11(14)15/h1-4,8H,5-7H2,(H,14,15). The third-order valence-electron chi connectivity index (χ3n) is 2.73. The van der Waals surface area contributed by atoms with Crippen LogP contribution in [0, 0.1) is 11.7 Å². The zero-order valence-corrected chi connectivity index (χ0v) is 8.19. The molecule has 1 aromatic carbocycles. The molecule has 3 nitrogen and oxygen atoms in total. The van der Waals surface area contributed by atoms with Crippen LogP contribution in [-0.2, 0) is 4.79 Å². The number of carboxylic acids is 1. The second-order valence-corrected chi connectivity index (χ2v) is 3.72. The molecule has 1 atom stereocenters. The van der Waals surface area contributed by atoms with Gasteiger partial charge < -0.3 is 10.0 Å². The molecule has 0 aliphatic carbocycles. The van der Waals surface area contributed by atoms with E-state index in [1.165, 1.54) is 6.07 Å². The van der Waals surface area contributed by atoms with Gasteiger partial charge in [-0.15, -0.1) is 0 Å². The van der Waals surface area contributed by atoms with Crippen molar-refractivity contribution in [3.63, 3.8) is 0 Å². The van der Waals surface area contributed by atoms with Gasteiger partial charge in [-0.25, -0.2) is 4.39 Å². The molecule has 4 heteroatoms. The van der Waals surface area contributed by atoms with Gasteiger partial charge in [-0.1, -0.05) is 12.1 Å². The Labute approximate surface area is 87.1 Å². The van der Waals surface area contributed by atoms with Gasteiger partial charge in [0.05, 0.1) is 11.6 Å². The van der Waals surface area contributed by atoms with Gasteiger partial charge >= 0.3 is 5.97 Å². The first-order chi connectivity index (χ1) is 7.18. The van der Waals surface area contributed by atoms with Crippen LogP contribution in [0.3, 0.4) is 0 Å². The highest BCUT2D eigenvalue weighted by molar-refractivity contribution is 5.72. The van der Waals surface area contributed by atoms with E-state index in [0.29, 0.717) is 25.2 Å². The van der Waals surface area contributed by atoms with Crippen LogP contribution >= 0.6 is 0 Å². The summed E-state index contributed by atoms with van der Waals surface area (Å²) in [5, 5.41) is 8.83. The summed E-state index contributed by atoms with van der Waals surface area (Å²) in [5.41, 5.74) is 0.501. The molecule has 0 bridgehead atoms. The number of benzene rings is 1. The van der Waals surface area contributed by atoms with Crippen molar-refractivity contribution in [2.75, 3.05) is 18.0 Å². The van der Waals surface area contributed by atoms with Crippen LogP contribution in [0.4, 0.5) is 10.1 Å². The Hall–Kier alpha value is -1.58. The fraction of sp³-hybridized carbons (Fsp3) is 0.364. The third-order valence-corrected chi connectivity index (χ3v) is 2.73. The molecule has 2 rings (SSSR count). The normalized spacial score (nSPS) is 20.6. The molecule has 1 aromatic rings. The van der Waals surface area contributed by atoms with E-state index in [2.05, 4.69) is 0 Å². The Balaban J connectivity index is 2.14. The van der Waals surface area contributed by atoms with Gasteiger partial charge in [-0.2, -0.15) is 0 Å². The maximum absolute atomic E-state index is 13.4. The van der Waals surface area contributed by atoms with Crippen molar-refractivity contribution in [2.45, 2.75) is 6.42 Å². The predicted octanol–water partition coefficient (Wildman–Crippen LogP) is 1.74. The molecule has 1 unspecified atom stereocenters. The number of halogens is 1. The largest absolute Gasteiger partial charge is 0.481 e. The maximum atomic E-state index is 13.4. The first-order valence-electron chi connectivity index (χ1n) is 4.91. The number of anilines is 1. The number of rotatable bonds is 2. The molecule has 1 aliphatic rings. The van der Waals surface area contributed by atoms with Crippen LogP contribution in [0.15, 0.2) is 24.3 Å². The number of para-hydroxylation sites is 1. The number of carboxylic acid groups (broad SMARTS) is 1. The Morgan fingerprint density at radius 1 is 1.47 bits per heavy atom. The lowest BCUT2D eigenvalue weighted by Gasteiger charge is -2.18. The van der Waals surface area contributed by atoms with E-state index in [0.717, 1.165) is 0 Å². The summed E-state index contributed by atoms with van der Waals surface area (Å²) in [6, 6.07) is 6.46. The molecule has 1 heterocycles. The highest BCUT2D eigenvalue weighted by Crippen LogP contribution is 2.25. The number of hydrogen-bond donors (Lipinski definition) is 1. The Bertz CT molecular complexity index is 381. The van der Waals surface area contributed by atoms with E-state index in [-0.39, 0.29) is 11.7 Å². The van der Waals surface area contributed by atoms with E-state index in [1.807, 2.05) is 0 Å². The van der Waals surface area contributed by atoms with Crippen LogP contribution in [0.5, 0.6) is 0 Å². The third kappa shape index (κ3) is 1.93. The van der Waals surface area contributed by atoms with E-state index >= 15 is 0 Å². The molecule has 1 N–H and O–H groups in total. The molecule has 0 spiro atoms. The van der Waals surface area contributed by atoms with Gasteiger partial charge in [-0.05, 0) is 18.6 Å². The van der Waals surface area contributed by atoms with Crippen LogP contribution in [0.1, 0.15) is 6.42 Å². The van der Waals surface area contributed by atoms with Crippen LogP contribution in [-0.4, -0.2) is 24.2 Å². The molecule has 80 valence electrons. The van der Waals surface area contributed by atoms with Crippen molar-refractivity contribution in [2.24, 2.45) is 5.92 Å². The number of aliphatic carboxylic acids is 1. The molecular weight excluding hydrogens is 197 g/mol. The average Bonchev–Trinajstić information content (AvgIpc) is 2.67. The minimum absolute atomic E-state index is 0.288. The molecule has 0 amide bonds. The fourth-order valence-electron chi connectivity index (χ4n) is 1.89. The van der Waals surface area contributed by atoms with E-state index in [9.17, 15) is 9.18 Å². The highest BCUT2D eigenvalue weighted by atomic mass is 19.1. The van der Waals surface area contributed by atoms with E-state index in [4.69, 9.17) is 5.11 Å². The highest BCUT2D eigenvalue weighted by Gasteiger charge is 2.28. The van der Waals surface area contributed by atoms with E-state index in [1.54, 1.807) is 23.1 Å². The average molecular weight is 209 g/mol. The minimum Gasteiger partial charge on any atom is -0.481 e. The molecule has 1 aliphatic heterocycles. The van der Waals surface area contributed by atoms with Crippen molar-refractivity contribution < 1.29 is 14.3 Å². The summed E-state index contributed by atoms with van der Waals surface area (Å²) in [6.45, 7) is 1.01. The van der Waals surface area contributed by atoms with Crippen LogP contribution in [0.25, 0.3) is 0 Å². The van der Waals surface area contributed by atoms with Gasteiger partial charge in [0.2, 0.25) is 0 Å². The maximum Gasteiger partial charge on any atom is 0.308 e. The monoisotopic (exact) mass is 209 g/mol. The van der Waals surface area contributed by atoms with Crippen molar-refractivity contribution in [3.8, 4) is 0 Å². The zero-order valence-electron chi connectivity index (χ0n) is 8.19. The summed E-state index contributed by atoms with van der Waals surface area (Å²) in [4.78, 5) is 12.5. The van der Waals surface area contributed by atoms with Gasteiger partial charge in [0.15, 0.2) is 0 Å². The molecule has 0 aromatic heterocycles. The molecule has 1 fully saturated rings. The molecular formula is C11H12FNO2. The Morgan fingerprint density at radius 2 is 2.20 bits per heavy atom. The fourth-order valence-corrected chi connectivity index (χ4v) is 1.89. The zero-order chi connectivity index (χ0) is 10.8. The first kappa shape index (κ1) is 9.96. The lowest BCUT2D eigenvalue weighted by molar-refractivity contribution is -0.140. The smallest absolute Gasteiger partial charge is 0.308 e. The van der Waals surface area contributed by atoms with Gasteiger partial charge in [0, 0.05) is 13.1 Å². The number of carbonyl (C=O) groups is 1.